The Balaban J connectivity index is 1.37. The van der Waals surface area contributed by atoms with Crippen molar-refractivity contribution in [1.29, 1.82) is 0 Å². The van der Waals surface area contributed by atoms with Gasteiger partial charge in [-0.1, -0.05) is 54.6 Å². The molecule has 166 valence electrons. The van der Waals surface area contributed by atoms with Gasteiger partial charge >= 0.3 is 12.1 Å². The number of alkyl carbamates (subject to hydrolysis) is 1. The van der Waals surface area contributed by atoms with Crippen LogP contribution in [0, 0.1) is 0 Å². The fraction of sp³-hybridized carbons (Fsp3) is 0.320. The van der Waals surface area contributed by atoms with Crippen LogP contribution in [-0.2, 0) is 14.3 Å². The molecule has 2 amide bonds. The maximum atomic E-state index is 12.6. The summed E-state index contributed by atoms with van der Waals surface area (Å²) < 4.78 is 5.58. The zero-order valence-corrected chi connectivity index (χ0v) is 17.8. The number of nitrogens with zero attached hydrogens (tertiary/aromatic N) is 1. The molecule has 7 nitrogen and oxygen atoms in total. The fourth-order valence-corrected chi connectivity index (χ4v) is 4.32. The van der Waals surface area contributed by atoms with Crippen LogP contribution in [-0.4, -0.2) is 53.2 Å². The second-order valence-electron chi connectivity index (χ2n) is 8.36. The second kappa shape index (κ2) is 8.86. The number of aliphatic carboxylic acids is 1. The van der Waals surface area contributed by atoms with Crippen molar-refractivity contribution in [3.63, 3.8) is 0 Å². The van der Waals surface area contributed by atoms with Crippen LogP contribution in [0.4, 0.5) is 4.79 Å². The molecule has 0 radical (unpaired) electrons. The van der Waals surface area contributed by atoms with Gasteiger partial charge in [-0.2, -0.15) is 0 Å². The van der Waals surface area contributed by atoms with Gasteiger partial charge in [-0.3, -0.25) is 9.59 Å². The average molecular weight is 434 g/mol. The summed E-state index contributed by atoms with van der Waals surface area (Å²) in [6.45, 7) is 3.52. The molecule has 0 aromatic heterocycles. The highest BCUT2D eigenvalue weighted by Crippen LogP contribution is 2.44. The molecule has 2 aliphatic rings. The van der Waals surface area contributed by atoms with Crippen LogP contribution < -0.4 is 5.32 Å². The van der Waals surface area contributed by atoms with Crippen molar-refractivity contribution in [2.45, 2.75) is 30.7 Å². The maximum Gasteiger partial charge on any atom is 0.407 e. The summed E-state index contributed by atoms with van der Waals surface area (Å²) in [7, 11) is 0. The number of ether oxygens (including phenoxy) is 1. The Morgan fingerprint density at radius 2 is 1.69 bits per heavy atom. The minimum atomic E-state index is -1.09. The van der Waals surface area contributed by atoms with Gasteiger partial charge in [0.05, 0.1) is 12.0 Å². The van der Waals surface area contributed by atoms with E-state index in [1.807, 2.05) is 24.3 Å². The number of carbonyl (C=O) groups is 3. The number of benzene rings is 2. The zero-order valence-electron chi connectivity index (χ0n) is 17.8. The molecule has 2 N–H and O–H groups in total. The van der Waals surface area contributed by atoms with Crippen molar-refractivity contribution in [3.05, 3.63) is 72.3 Å². The quantitative estimate of drug-likeness (QED) is 0.589. The van der Waals surface area contributed by atoms with Crippen molar-refractivity contribution in [2.24, 2.45) is 0 Å². The lowest BCUT2D eigenvalue weighted by Crippen LogP contribution is -2.44. The predicted octanol–water partition coefficient (Wildman–Crippen LogP) is 3.55. The number of fused-ring (bicyclic) bond motifs is 3. The number of hydrogen-bond acceptors (Lipinski definition) is 4. The first-order valence-electron chi connectivity index (χ1n) is 10.7. The highest BCUT2D eigenvalue weighted by Gasteiger charge is 2.47. The van der Waals surface area contributed by atoms with E-state index in [9.17, 15) is 14.4 Å². The molecule has 32 heavy (non-hydrogen) atoms. The van der Waals surface area contributed by atoms with E-state index in [1.165, 1.54) is 11.0 Å². The minimum Gasteiger partial charge on any atom is -0.480 e. The van der Waals surface area contributed by atoms with E-state index in [0.717, 1.165) is 22.3 Å². The Kier molecular flexibility index (Phi) is 5.99. The van der Waals surface area contributed by atoms with Crippen molar-refractivity contribution in [2.75, 3.05) is 19.7 Å². The van der Waals surface area contributed by atoms with E-state index < -0.39 is 24.1 Å². The summed E-state index contributed by atoms with van der Waals surface area (Å²) in [4.78, 5) is 37.4. The highest BCUT2D eigenvalue weighted by molar-refractivity contribution is 5.83. The van der Waals surface area contributed by atoms with Crippen LogP contribution in [0.25, 0.3) is 11.1 Å². The van der Waals surface area contributed by atoms with E-state index >= 15 is 0 Å². The Hall–Kier alpha value is -3.61. The van der Waals surface area contributed by atoms with Gasteiger partial charge in [-0.15, -0.1) is 6.58 Å². The monoisotopic (exact) mass is 434 g/mol. The highest BCUT2D eigenvalue weighted by atomic mass is 16.5. The summed E-state index contributed by atoms with van der Waals surface area (Å²) in [6.07, 6.45) is 2.26. The number of carbonyl (C=O) groups excluding carboxylic acids is 2. The predicted molar refractivity (Wildman–Crippen MR) is 119 cm³/mol. The van der Waals surface area contributed by atoms with E-state index in [0.29, 0.717) is 12.8 Å². The lowest BCUT2D eigenvalue weighted by Gasteiger charge is -2.23. The lowest BCUT2D eigenvalue weighted by molar-refractivity contribution is -0.144. The standard InChI is InChI=1S/C25H26N2O5/c1-2-13-27(15-23(29)30)22(28)14-25(11-12-25)26-24(31)32-16-21-19-9-5-3-7-17(19)18-8-4-6-10-20(18)21/h2-10,21H,1,11-16H2,(H,26,31)(H,29,30). The van der Waals surface area contributed by atoms with Crippen LogP contribution in [0.3, 0.4) is 0 Å². The Bertz CT molecular complexity index is 1010. The van der Waals surface area contributed by atoms with Gasteiger partial charge in [-0.05, 0) is 35.1 Å². The maximum absolute atomic E-state index is 12.6. The normalized spacial score (nSPS) is 15.2. The molecule has 0 bridgehead atoms. The SMILES string of the molecule is C=CCN(CC(=O)O)C(=O)CC1(NC(=O)OCC2c3ccccc3-c3ccccc32)CC1. The third kappa shape index (κ3) is 4.51. The molecule has 1 saturated carbocycles. The lowest BCUT2D eigenvalue weighted by atomic mass is 9.98. The second-order valence-corrected chi connectivity index (χ2v) is 8.36. The van der Waals surface area contributed by atoms with E-state index in [-0.39, 0.29) is 31.4 Å². The number of carboxylic acid groups (broad SMARTS) is 1. The van der Waals surface area contributed by atoms with Gasteiger partial charge in [0, 0.05) is 12.5 Å². The Labute approximate surface area is 186 Å². The zero-order chi connectivity index (χ0) is 22.7. The van der Waals surface area contributed by atoms with Gasteiger partial charge in [0.15, 0.2) is 0 Å². The Morgan fingerprint density at radius 1 is 1.09 bits per heavy atom. The largest absolute Gasteiger partial charge is 0.480 e. The third-order valence-electron chi connectivity index (χ3n) is 6.08. The fourth-order valence-electron chi connectivity index (χ4n) is 4.32. The summed E-state index contributed by atoms with van der Waals surface area (Å²) in [5.41, 5.74) is 3.90. The van der Waals surface area contributed by atoms with Gasteiger partial charge in [0.25, 0.3) is 0 Å². The van der Waals surface area contributed by atoms with Crippen molar-refractivity contribution in [1.82, 2.24) is 10.2 Å². The first kappa shape index (κ1) is 21.6. The minimum absolute atomic E-state index is 0.0383. The van der Waals surface area contributed by atoms with Crippen LogP contribution in [0.15, 0.2) is 61.2 Å². The molecule has 1 fully saturated rings. The number of hydrogen-bond donors (Lipinski definition) is 2. The van der Waals surface area contributed by atoms with Crippen LogP contribution in [0.2, 0.25) is 0 Å². The molecular weight excluding hydrogens is 408 g/mol. The smallest absolute Gasteiger partial charge is 0.407 e. The molecule has 0 heterocycles. The molecule has 2 aromatic carbocycles. The van der Waals surface area contributed by atoms with E-state index in [1.54, 1.807) is 0 Å². The molecule has 0 atom stereocenters. The van der Waals surface area contributed by atoms with Crippen LogP contribution >= 0.6 is 0 Å². The number of rotatable bonds is 9. The topological polar surface area (TPSA) is 95.9 Å². The molecule has 0 saturated heterocycles. The average Bonchev–Trinajstić information content (AvgIpc) is 3.44. The molecule has 0 spiro atoms. The van der Waals surface area contributed by atoms with Gasteiger partial charge in [0.1, 0.15) is 13.2 Å². The number of carboxylic acids is 1. The van der Waals surface area contributed by atoms with Gasteiger partial charge in [0.2, 0.25) is 5.91 Å². The molecule has 2 aliphatic carbocycles. The summed E-state index contributed by atoms with van der Waals surface area (Å²) in [5.74, 6) is -1.46. The van der Waals surface area contributed by atoms with Crippen molar-refractivity contribution >= 4 is 18.0 Å². The Morgan fingerprint density at radius 3 is 2.22 bits per heavy atom. The van der Waals surface area contributed by atoms with Gasteiger partial charge < -0.3 is 20.1 Å². The van der Waals surface area contributed by atoms with E-state index in [2.05, 4.69) is 36.2 Å². The van der Waals surface area contributed by atoms with Crippen LogP contribution in [0.1, 0.15) is 36.3 Å². The first-order valence-corrected chi connectivity index (χ1v) is 10.7. The molecule has 7 heteroatoms. The van der Waals surface area contributed by atoms with Crippen molar-refractivity contribution in [3.8, 4) is 11.1 Å². The van der Waals surface area contributed by atoms with Gasteiger partial charge in [-0.25, -0.2) is 4.79 Å². The molecule has 0 unspecified atom stereocenters. The molecular formula is C25H26N2O5. The third-order valence-corrected chi connectivity index (χ3v) is 6.08. The number of nitrogens with one attached hydrogen (secondary N) is 1. The molecule has 4 rings (SSSR count). The first-order chi connectivity index (χ1) is 15.4. The van der Waals surface area contributed by atoms with Crippen molar-refractivity contribution < 1.29 is 24.2 Å². The number of amides is 2. The summed E-state index contributed by atoms with van der Waals surface area (Å²) >= 11 is 0. The molecule has 2 aromatic rings. The molecule has 0 aliphatic heterocycles. The van der Waals surface area contributed by atoms with Crippen LogP contribution in [0.5, 0.6) is 0 Å². The summed E-state index contributed by atoms with van der Waals surface area (Å²) in [6, 6.07) is 16.2. The summed E-state index contributed by atoms with van der Waals surface area (Å²) in [5, 5.41) is 11.9. The van der Waals surface area contributed by atoms with E-state index in [4.69, 9.17) is 9.84 Å².